The van der Waals surface area contributed by atoms with Crippen LogP contribution >= 0.6 is 11.6 Å². The highest BCUT2D eigenvalue weighted by molar-refractivity contribution is 6.40. The molecule has 0 bridgehead atoms. The van der Waals surface area contributed by atoms with Gasteiger partial charge < -0.3 is 4.90 Å². The minimum absolute atomic E-state index is 0.0310. The molecule has 0 aliphatic carbocycles. The van der Waals surface area contributed by atoms with Crippen LogP contribution in [0, 0.1) is 5.82 Å². The number of anilines is 2. The van der Waals surface area contributed by atoms with Crippen molar-refractivity contribution in [2.45, 2.75) is 52.0 Å². The van der Waals surface area contributed by atoms with E-state index < -0.39 is 23.7 Å². The van der Waals surface area contributed by atoms with E-state index in [1.807, 2.05) is 12.1 Å². The van der Waals surface area contributed by atoms with Crippen molar-refractivity contribution in [3.63, 3.8) is 0 Å². The van der Waals surface area contributed by atoms with Crippen molar-refractivity contribution in [3.05, 3.63) is 63.9 Å². The molecule has 1 saturated heterocycles. The number of amides is 4. The number of rotatable bonds is 4. The molecule has 6 nitrogen and oxygen atoms in total. The fourth-order valence-corrected chi connectivity index (χ4v) is 5.15. The van der Waals surface area contributed by atoms with Gasteiger partial charge in [0.25, 0.3) is 11.8 Å². The Kier molecular flexibility index (Phi) is 6.25. The molecule has 178 valence electrons. The van der Waals surface area contributed by atoms with Gasteiger partial charge in [0.2, 0.25) is 0 Å². The summed E-state index contributed by atoms with van der Waals surface area (Å²) < 4.78 is 13.7. The second kappa shape index (κ2) is 8.87. The standard InChI is InChI=1S/C26H27ClFN3O3/c1-5-9-30-22-13-21(27)16(10-19(22)15(2)14-26(30,3)4)11-20-23(32)29-25(34)31(24(20)33)18-8-6-7-17(28)12-18/h6-8,10-13,15H,5,9,14H2,1-4H3,(H,29,32,34)/b20-11-. The number of carbonyl (C=O) groups is 3. The maximum absolute atomic E-state index is 13.7. The number of barbiturate groups is 1. The monoisotopic (exact) mass is 483 g/mol. The fraction of sp³-hybridized carbons (Fsp3) is 0.346. The normalized spacial score (nSPS) is 21.1. The third-order valence-corrected chi connectivity index (χ3v) is 6.75. The number of imide groups is 2. The third-order valence-electron chi connectivity index (χ3n) is 6.42. The Morgan fingerprint density at radius 3 is 2.62 bits per heavy atom. The molecule has 2 heterocycles. The first-order chi connectivity index (χ1) is 16.0. The van der Waals surface area contributed by atoms with Gasteiger partial charge in [0.1, 0.15) is 11.4 Å². The zero-order valence-electron chi connectivity index (χ0n) is 19.6. The molecule has 0 saturated carbocycles. The van der Waals surface area contributed by atoms with Gasteiger partial charge in [0, 0.05) is 22.8 Å². The Morgan fingerprint density at radius 1 is 1.21 bits per heavy atom. The van der Waals surface area contributed by atoms with Crippen molar-refractivity contribution in [1.29, 1.82) is 0 Å². The van der Waals surface area contributed by atoms with Crippen LogP contribution in [0.5, 0.6) is 0 Å². The Balaban J connectivity index is 1.78. The van der Waals surface area contributed by atoms with Crippen LogP contribution in [0.15, 0.2) is 42.0 Å². The van der Waals surface area contributed by atoms with Crippen LogP contribution in [-0.2, 0) is 9.59 Å². The van der Waals surface area contributed by atoms with E-state index in [2.05, 4.69) is 37.9 Å². The lowest BCUT2D eigenvalue weighted by Crippen LogP contribution is -2.54. The number of fused-ring (bicyclic) bond motifs is 1. The molecule has 4 rings (SSSR count). The first-order valence-electron chi connectivity index (χ1n) is 11.3. The van der Waals surface area contributed by atoms with Crippen molar-refractivity contribution in [1.82, 2.24) is 5.32 Å². The van der Waals surface area contributed by atoms with Crippen LogP contribution in [-0.4, -0.2) is 29.9 Å². The highest BCUT2D eigenvalue weighted by Crippen LogP contribution is 2.45. The highest BCUT2D eigenvalue weighted by Gasteiger charge is 2.38. The maximum atomic E-state index is 13.7. The molecule has 0 spiro atoms. The highest BCUT2D eigenvalue weighted by atomic mass is 35.5. The van der Waals surface area contributed by atoms with Crippen LogP contribution < -0.4 is 15.1 Å². The molecule has 2 aliphatic rings. The number of nitrogens with one attached hydrogen (secondary N) is 1. The molecule has 1 unspecified atom stereocenters. The van der Waals surface area contributed by atoms with Crippen LogP contribution in [0.1, 0.15) is 57.6 Å². The van der Waals surface area contributed by atoms with E-state index in [1.54, 1.807) is 0 Å². The van der Waals surface area contributed by atoms with Gasteiger partial charge >= 0.3 is 6.03 Å². The minimum atomic E-state index is -0.930. The number of urea groups is 1. The van der Waals surface area contributed by atoms with Gasteiger partial charge in [-0.1, -0.05) is 31.5 Å². The summed E-state index contributed by atoms with van der Waals surface area (Å²) in [5, 5.41) is 2.55. The molecule has 1 fully saturated rings. The molecular weight excluding hydrogens is 457 g/mol. The predicted octanol–water partition coefficient (Wildman–Crippen LogP) is 5.65. The van der Waals surface area contributed by atoms with Gasteiger partial charge in [-0.2, -0.15) is 0 Å². The number of carbonyl (C=O) groups excluding carboxylic acids is 3. The van der Waals surface area contributed by atoms with Crippen LogP contribution in [0.25, 0.3) is 6.08 Å². The largest absolute Gasteiger partial charge is 0.366 e. The number of nitrogens with zero attached hydrogens (tertiary/aromatic N) is 2. The number of hydrogen-bond donors (Lipinski definition) is 1. The maximum Gasteiger partial charge on any atom is 0.335 e. The zero-order chi connectivity index (χ0) is 24.8. The molecule has 2 aromatic carbocycles. The molecule has 0 aromatic heterocycles. The second-order valence-corrected chi connectivity index (χ2v) is 9.85. The smallest absolute Gasteiger partial charge is 0.335 e. The first-order valence-corrected chi connectivity index (χ1v) is 11.7. The van der Waals surface area contributed by atoms with Gasteiger partial charge in [-0.25, -0.2) is 14.1 Å². The minimum Gasteiger partial charge on any atom is -0.366 e. The Labute approximate surface area is 203 Å². The summed E-state index contributed by atoms with van der Waals surface area (Å²) in [6, 6.07) is 7.94. The van der Waals surface area contributed by atoms with Gasteiger partial charge in [0.15, 0.2) is 0 Å². The SMILES string of the molecule is CCCN1c2cc(Cl)c(/C=C3/C(=O)NC(=O)N(c4cccc(F)c4)C3=O)cc2C(C)CC1(C)C. The second-order valence-electron chi connectivity index (χ2n) is 9.44. The van der Waals surface area contributed by atoms with Gasteiger partial charge in [0.05, 0.1) is 5.69 Å². The fourth-order valence-electron chi connectivity index (χ4n) is 4.94. The number of benzene rings is 2. The summed E-state index contributed by atoms with van der Waals surface area (Å²) >= 11 is 6.64. The molecule has 8 heteroatoms. The summed E-state index contributed by atoms with van der Waals surface area (Å²) in [5.74, 6) is -2.02. The molecular formula is C26H27ClFN3O3. The Hall–Kier alpha value is -3.19. The summed E-state index contributed by atoms with van der Waals surface area (Å²) in [6.07, 6.45) is 3.33. The van der Waals surface area contributed by atoms with Gasteiger partial charge in [-0.15, -0.1) is 0 Å². The van der Waals surface area contributed by atoms with E-state index in [9.17, 15) is 18.8 Å². The molecule has 2 aliphatic heterocycles. The van der Waals surface area contributed by atoms with Crippen LogP contribution in [0.2, 0.25) is 5.02 Å². The van der Waals surface area contributed by atoms with Crippen molar-refractivity contribution < 1.29 is 18.8 Å². The molecule has 1 atom stereocenters. The predicted molar refractivity (Wildman–Crippen MR) is 132 cm³/mol. The lowest BCUT2D eigenvalue weighted by Gasteiger charge is -2.47. The topological polar surface area (TPSA) is 69.7 Å². The summed E-state index contributed by atoms with van der Waals surface area (Å²) in [4.78, 5) is 41.2. The zero-order valence-corrected chi connectivity index (χ0v) is 20.4. The van der Waals surface area contributed by atoms with Gasteiger partial charge in [-0.3, -0.25) is 14.9 Å². The van der Waals surface area contributed by atoms with Crippen LogP contribution in [0.3, 0.4) is 0 Å². The molecule has 4 amide bonds. The van der Waals surface area contributed by atoms with E-state index >= 15 is 0 Å². The quantitative estimate of drug-likeness (QED) is 0.451. The molecule has 34 heavy (non-hydrogen) atoms. The number of halogens is 2. The first kappa shape index (κ1) is 24.0. The van der Waals surface area contributed by atoms with E-state index in [0.29, 0.717) is 10.6 Å². The summed E-state index contributed by atoms with van der Waals surface area (Å²) in [6.45, 7) is 9.60. The van der Waals surface area contributed by atoms with E-state index in [1.165, 1.54) is 24.3 Å². The van der Waals surface area contributed by atoms with Crippen molar-refractivity contribution >= 4 is 46.9 Å². The molecule has 1 N–H and O–H groups in total. The molecule has 0 radical (unpaired) electrons. The van der Waals surface area contributed by atoms with Crippen molar-refractivity contribution in [3.8, 4) is 0 Å². The third kappa shape index (κ3) is 4.20. The van der Waals surface area contributed by atoms with Crippen molar-refractivity contribution in [2.75, 3.05) is 16.3 Å². The Morgan fingerprint density at radius 2 is 1.94 bits per heavy atom. The lowest BCUT2D eigenvalue weighted by atomic mass is 9.79. The van der Waals surface area contributed by atoms with Gasteiger partial charge in [-0.05, 0) is 80.1 Å². The summed E-state index contributed by atoms with van der Waals surface area (Å²) in [5.41, 5.74) is 2.40. The van der Waals surface area contributed by atoms with Crippen molar-refractivity contribution in [2.24, 2.45) is 0 Å². The van der Waals surface area contributed by atoms with E-state index in [0.717, 1.165) is 41.6 Å². The average Bonchev–Trinajstić information content (AvgIpc) is 2.74. The Bertz CT molecular complexity index is 1220. The number of hydrogen-bond acceptors (Lipinski definition) is 4. The molecule has 2 aromatic rings. The average molecular weight is 484 g/mol. The summed E-state index contributed by atoms with van der Waals surface area (Å²) in [7, 11) is 0. The van der Waals surface area contributed by atoms with E-state index in [-0.39, 0.29) is 22.7 Å². The van der Waals surface area contributed by atoms with Crippen LogP contribution in [0.4, 0.5) is 20.6 Å². The lowest BCUT2D eigenvalue weighted by molar-refractivity contribution is -0.122. The van der Waals surface area contributed by atoms with E-state index in [4.69, 9.17) is 11.6 Å².